The molecule has 94 valence electrons. The van der Waals surface area contributed by atoms with Gasteiger partial charge in [0.25, 0.3) is 0 Å². The number of nitrogens with zero attached hydrogens (tertiary/aromatic N) is 3. The van der Waals surface area contributed by atoms with Crippen LogP contribution in [0.3, 0.4) is 0 Å². The molecule has 1 aliphatic heterocycles. The Morgan fingerprint density at radius 3 is 3.06 bits per heavy atom. The van der Waals surface area contributed by atoms with Gasteiger partial charge in [-0.15, -0.1) is 0 Å². The zero-order valence-electron chi connectivity index (χ0n) is 10.7. The third-order valence-corrected chi connectivity index (χ3v) is 4.18. The first-order valence-electron chi connectivity index (χ1n) is 5.97. The second-order valence-electron chi connectivity index (χ2n) is 4.44. The molecule has 1 atom stereocenters. The number of hydrogen-bond acceptors (Lipinski definition) is 5. The molecule has 0 radical (unpaired) electrons. The highest BCUT2D eigenvalue weighted by atomic mass is 32.2. The molecule has 2 heterocycles. The second kappa shape index (κ2) is 5.80. The van der Waals surface area contributed by atoms with E-state index < -0.39 is 0 Å². The van der Waals surface area contributed by atoms with Gasteiger partial charge in [-0.25, -0.2) is 9.97 Å². The molecule has 17 heavy (non-hydrogen) atoms. The van der Waals surface area contributed by atoms with E-state index in [-0.39, 0.29) is 0 Å². The van der Waals surface area contributed by atoms with E-state index in [1.54, 1.807) is 0 Å². The summed E-state index contributed by atoms with van der Waals surface area (Å²) in [5.74, 6) is 3.28. The molecule has 0 amide bonds. The topological polar surface area (TPSA) is 41.1 Å². The first-order valence-corrected chi connectivity index (χ1v) is 7.13. The Morgan fingerprint density at radius 1 is 1.59 bits per heavy atom. The van der Waals surface area contributed by atoms with Crippen molar-refractivity contribution >= 4 is 11.8 Å². The Labute approximate surface area is 107 Å². The fourth-order valence-electron chi connectivity index (χ4n) is 1.99. The fraction of sp³-hybridized carbons (Fsp3) is 0.667. The Bertz CT molecular complexity index is 383. The van der Waals surface area contributed by atoms with Crippen LogP contribution in [0.25, 0.3) is 0 Å². The van der Waals surface area contributed by atoms with E-state index in [4.69, 9.17) is 0 Å². The third-order valence-electron chi connectivity index (χ3n) is 3.16. The summed E-state index contributed by atoms with van der Waals surface area (Å²) in [7, 11) is 4.10. The summed E-state index contributed by atoms with van der Waals surface area (Å²) in [6.07, 6.45) is 1.96. The summed E-state index contributed by atoms with van der Waals surface area (Å²) in [5.41, 5.74) is 2.27. The third kappa shape index (κ3) is 2.97. The largest absolute Gasteiger partial charge is 0.316 e. The first-order chi connectivity index (χ1) is 8.22. The molecular formula is C12H20N4S. The van der Waals surface area contributed by atoms with Gasteiger partial charge in [0.05, 0.1) is 6.04 Å². The van der Waals surface area contributed by atoms with Crippen LogP contribution in [0.1, 0.15) is 23.1 Å². The van der Waals surface area contributed by atoms with Crippen molar-refractivity contribution in [2.24, 2.45) is 0 Å². The molecule has 0 saturated carbocycles. The van der Waals surface area contributed by atoms with Crippen LogP contribution in [0.5, 0.6) is 0 Å². The van der Waals surface area contributed by atoms with Gasteiger partial charge in [0.2, 0.25) is 0 Å². The summed E-state index contributed by atoms with van der Waals surface area (Å²) in [6, 6.07) is 0.371. The molecule has 1 unspecified atom stereocenters. The highest BCUT2D eigenvalue weighted by Crippen LogP contribution is 2.26. The Hall–Kier alpha value is -0.650. The Morgan fingerprint density at radius 2 is 2.41 bits per heavy atom. The van der Waals surface area contributed by atoms with E-state index in [9.17, 15) is 0 Å². The van der Waals surface area contributed by atoms with Crippen LogP contribution in [0.2, 0.25) is 0 Å². The molecule has 1 saturated heterocycles. The zero-order valence-corrected chi connectivity index (χ0v) is 11.5. The van der Waals surface area contributed by atoms with Gasteiger partial charge >= 0.3 is 0 Å². The van der Waals surface area contributed by atoms with Gasteiger partial charge in [-0.05, 0) is 21.0 Å². The van der Waals surface area contributed by atoms with Crippen LogP contribution in [0.15, 0.2) is 6.20 Å². The fourth-order valence-corrected chi connectivity index (χ4v) is 3.20. The number of hydrogen-bond donors (Lipinski definition) is 1. The van der Waals surface area contributed by atoms with Crippen LogP contribution in [-0.2, 0) is 6.54 Å². The first kappa shape index (κ1) is 12.8. The van der Waals surface area contributed by atoms with E-state index in [1.807, 2.05) is 25.0 Å². The summed E-state index contributed by atoms with van der Waals surface area (Å²) < 4.78 is 0. The molecule has 1 aromatic heterocycles. The quantitative estimate of drug-likeness (QED) is 0.876. The van der Waals surface area contributed by atoms with E-state index in [0.29, 0.717) is 6.04 Å². The predicted octanol–water partition coefficient (Wildman–Crippen LogP) is 1.22. The van der Waals surface area contributed by atoms with E-state index in [2.05, 4.69) is 34.2 Å². The lowest BCUT2D eigenvalue weighted by Crippen LogP contribution is -2.34. The average Bonchev–Trinajstić information content (AvgIpc) is 2.33. The van der Waals surface area contributed by atoms with E-state index in [1.165, 1.54) is 11.3 Å². The van der Waals surface area contributed by atoms with E-state index in [0.717, 1.165) is 30.4 Å². The van der Waals surface area contributed by atoms with Crippen LogP contribution >= 0.6 is 11.8 Å². The number of aryl methyl sites for hydroxylation is 1. The standard InChI is InChI=1S/C12H20N4S/c1-9-10(6-13-2)7-14-12(15-9)11-8-17-5-4-16(11)3/h7,11,13H,4-6,8H2,1-3H3. The van der Waals surface area contributed by atoms with E-state index >= 15 is 0 Å². The highest BCUT2D eigenvalue weighted by molar-refractivity contribution is 7.99. The van der Waals surface area contributed by atoms with Crippen molar-refractivity contribution in [2.45, 2.75) is 19.5 Å². The molecule has 2 rings (SSSR count). The monoisotopic (exact) mass is 252 g/mol. The molecule has 1 N–H and O–H groups in total. The minimum absolute atomic E-state index is 0.371. The lowest BCUT2D eigenvalue weighted by atomic mass is 10.2. The van der Waals surface area contributed by atoms with Gasteiger partial charge in [-0.3, -0.25) is 4.90 Å². The maximum Gasteiger partial charge on any atom is 0.146 e. The Kier molecular flexibility index (Phi) is 4.36. The molecule has 5 heteroatoms. The van der Waals surface area contributed by atoms with Crippen molar-refractivity contribution in [3.63, 3.8) is 0 Å². The van der Waals surface area contributed by atoms with Crippen molar-refractivity contribution in [2.75, 3.05) is 32.1 Å². The average molecular weight is 252 g/mol. The molecular weight excluding hydrogens is 232 g/mol. The van der Waals surface area contributed by atoms with Gasteiger partial charge in [0, 0.05) is 42.0 Å². The van der Waals surface area contributed by atoms with Crippen molar-refractivity contribution < 1.29 is 0 Å². The maximum absolute atomic E-state index is 4.66. The molecule has 1 aliphatic rings. The van der Waals surface area contributed by atoms with Gasteiger partial charge in [-0.2, -0.15) is 11.8 Å². The molecule has 0 aromatic carbocycles. The van der Waals surface area contributed by atoms with Crippen LogP contribution in [0.4, 0.5) is 0 Å². The molecule has 1 aromatic rings. The number of rotatable bonds is 3. The molecule has 0 aliphatic carbocycles. The summed E-state index contributed by atoms with van der Waals surface area (Å²) in [6.45, 7) is 4.02. The second-order valence-corrected chi connectivity index (χ2v) is 5.59. The number of nitrogens with one attached hydrogen (secondary N) is 1. The normalized spacial score (nSPS) is 21.7. The van der Waals surface area contributed by atoms with Crippen molar-refractivity contribution in [1.29, 1.82) is 0 Å². The lowest BCUT2D eigenvalue weighted by Gasteiger charge is -2.31. The van der Waals surface area contributed by atoms with Gasteiger partial charge < -0.3 is 5.32 Å². The SMILES string of the molecule is CNCc1cnc(C2CSCCN2C)nc1C. The number of aromatic nitrogens is 2. The summed E-state index contributed by atoms with van der Waals surface area (Å²) >= 11 is 1.99. The molecule has 0 spiro atoms. The van der Waals surface area contributed by atoms with Crippen molar-refractivity contribution in [3.8, 4) is 0 Å². The molecule has 1 fully saturated rings. The highest BCUT2D eigenvalue weighted by Gasteiger charge is 2.23. The molecule has 0 bridgehead atoms. The summed E-state index contributed by atoms with van der Waals surface area (Å²) in [4.78, 5) is 11.5. The minimum atomic E-state index is 0.371. The smallest absolute Gasteiger partial charge is 0.146 e. The van der Waals surface area contributed by atoms with Gasteiger partial charge in [0.15, 0.2) is 0 Å². The van der Waals surface area contributed by atoms with Crippen molar-refractivity contribution in [1.82, 2.24) is 20.2 Å². The Balaban J connectivity index is 2.18. The van der Waals surface area contributed by atoms with Gasteiger partial charge in [0.1, 0.15) is 5.82 Å². The van der Waals surface area contributed by atoms with Gasteiger partial charge in [-0.1, -0.05) is 0 Å². The lowest BCUT2D eigenvalue weighted by molar-refractivity contribution is 0.264. The zero-order chi connectivity index (χ0) is 12.3. The predicted molar refractivity (Wildman–Crippen MR) is 72.2 cm³/mol. The van der Waals surface area contributed by atoms with Crippen LogP contribution < -0.4 is 5.32 Å². The number of thioether (sulfide) groups is 1. The molecule has 4 nitrogen and oxygen atoms in total. The van der Waals surface area contributed by atoms with Crippen LogP contribution in [0, 0.1) is 6.92 Å². The minimum Gasteiger partial charge on any atom is -0.316 e. The summed E-state index contributed by atoms with van der Waals surface area (Å²) in [5, 5.41) is 3.14. The van der Waals surface area contributed by atoms with Crippen LogP contribution in [-0.4, -0.2) is 47.0 Å². The van der Waals surface area contributed by atoms with Crippen molar-refractivity contribution in [3.05, 3.63) is 23.3 Å². The maximum atomic E-state index is 4.66.